The second-order valence-electron chi connectivity index (χ2n) is 8.94. The predicted molar refractivity (Wildman–Crippen MR) is 141 cm³/mol. The Labute approximate surface area is 203 Å². The van der Waals surface area contributed by atoms with Crippen LogP contribution < -0.4 is 10.6 Å². The van der Waals surface area contributed by atoms with Crippen LogP contribution in [0.1, 0.15) is 39.5 Å². The standard InChI is InChI=1S/C27H36N4O2S/c1-3-31(4-2)34(32,33)27-16-8-6-14-23(27)26-19-25(22-13-5-7-15-24(22)30-26)29-18-10-12-21-11-9-17-28-20-21/h5-8,13-16,19,21,28H,3-4,9-12,17-18,20H2,1-2H3,(H,29,30). The highest BCUT2D eigenvalue weighted by Gasteiger charge is 2.25. The summed E-state index contributed by atoms with van der Waals surface area (Å²) in [5.41, 5.74) is 3.16. The Morgan fingerprint density at radius 3 is 2.62 bits per heavy atom. The fourth-order valence-electron chi connectivity index (χ4n) is 4.85. The number of anilines is 1. The van der Waals surface area contributed by atoms with Gasteiger partial charge in [0.25, 0.3) is 0 Å². The van der Waals surface area contributed by atoms with Crippen LogP contribution in [0.4, 0.5) is 5.69 Å². The van der Waals surface area contributed by atoms with Crippen molar-refractivity contribution in [1.29, 1.82) is 0 Å². The monoisotopic (exact) mass is 480 g/mol. The lowest BCUT2D eigenvalue weighted by molar-refractivity contribution is 0.353. The van der Waals surface area contributed by atoms with E-state index >= 15 is 0 Å². The zero-order valence-electron chi connectivity index (χ0n) is 20.3. The molecule has 1 fully saturated rings. The van der Waals surface area contributed by atoms with E-state index in [1.807, 2.05) is 50.2 Å². The molecule has 2 heterocycles. The molecule has 0 saturated carbocycles. The molecule has 3 aromatic rings. The van der Waals surface area contributed by atoms with Crippen LogP contribution in [-0.4, -0.2) is 50.4 Å². The molecular formula is C27H36N4O2S. The number of fused-ring (bicyclic) bond motifs is 1. The summed E-state index contributed by atoms with van der Waals surface area (Å²) in [4.78, 5) is 5.16. The van der Waals surface area contributed by atoms with Crippen molar-refractivity contribution < 1.29 is 8.42 Å². The van der Waals surface area contributed by atoms with E-state index in [9.17, 15) is 8.42 Å². The van der Waals surface area contributed by atoms with Crippen LogP contribution in [0.5, 0.6) is 0 Å². The molecule has 7 heteroatoms. The molecule has 34 heavy (non-hydrogen) atoms. The topological polar surface area (TPSA) is 74.3 Å². The van der Waals surface area contributed by atoms with Crippen molar-refractivity contribution in [1.82, 2.24) is 14.6 Å². The van der Waals surface area contributed by atoms with Crippen LogP contribution in [0.3, 0.4) is 0 Å². The van der Waals surface area contributed by atoms with Crippen LogP contribution in [-0.2, 0) is 10.0 Å². The van der Waals surface area contributed by atoms with Gasteiger partial charge in [-0.05, 0) is 62.9 Å². The minimum absolute atomic E-state index is 0.303. The predicted octanol–water partition coefficient (Wildman–Crippen LogP) is 5.12. The van der Waals surface area contributed by atoms with E-state index in [0.717, 1.165) is 48.6 Å². The molecule has 0 radical (unpaired) electrons. The zero-order chi connectivity index (χ0) is 24.0. The van der Waals surface area contributed by atoms with Crippen LogP contribution >= 0.6 is 0 Å². The molecule has 1 unspecified atom stereocenters. The Balaban J connectivity index is 1.64. The molecule has 1 saturated heterocycles. The number of nitrogens with one attached hydrogen (secondary N) is 2. The van der Waals surface area contributed by atoms with Gasteiger partial charge in [0.05, 0.1) is 16.1 Å². The first kappa shape index (κ1) is 24.6. The van der Waals surface area contributed by atoms with Crippen molar-refractivity contribution in [3.63, 3.8) is 0 Å². The highest BCUT2D eigenvalue weighted by molar-refractivity contribution is 7.89. The normalized spacial score (nSPS) is 16.7. The Morgan fingerprint density at radius 1 is 1.09 bits per heavy atom. The third-order valence-corrected chi connectivity index (χ3v) is 8.81. The lowest BCUT2D eigenvalue weighted by Crippen LogP contribution is -2.31. The van der Waals surface area contributed by atoms with Crippen molar-refractivity contribution in [3.8, 4) is 11.3 Å². The fraction of sp³-hybridized carbons (Fsp3) is 0.444. The Bertz CT molecular complexity index is 1200. The maximum absolute atomic E-state index is 13.4. The molecule has 1 aliphatic rings. The van der Waals surface area contributed by atoms with Gasteiger partial charge in [-0.3, -0.25) is 0 Å². The molecule has 1 aromatic heterocycles. The summed E-state index contributed by atoms with van der Waals surface area (Å²) >= 11 is 0. The molecule has 1 atom stereocenters. The van der Waals surface area contributed by atoms with E-state index in [2.05, 4.69) is 16.7 Å². The maximum Gasteiger partial charge on any atom is 0.243 e. The first-order valence-corrected chi connectivity index (χ1v) is 13.9. The summed E-state index contributed by atoms with van der Waals surface area (Å²) < 4.78 is 28.2. The minimum Gasteiger partial charge on any atom is -0.384 e. The van der Waals surface area contributed by atoms with E-state index < -0.39 is 10.0 Å². The smallest absolute Gasteiger partial charge is 0.243 e. The van der Waals surface area contributed by atoms with Gasteiger partial charge in [-0.15, -0.1) is 0 Å². The van der Waals surface area contributed by atoms with Crippen LogP contribution in [0.25, 0.3) is 22.2 Å². The van der Waals surface area contributed by atoms with E-state index in [4.69, 9.17) is 4.98 Å². The third kappa shape index (κ3) is 5.43. The summed E-state index contributed by atoms with van der Waals surface area (Å²) in [5, 5.41) is 8.17. The molecule has 1 aliphatic heterocycles. The number of benzene rings is 2. The van der Waals surface area contributed by atoms with Crippen molar-refractivity contribution in [3.05, 3.63) is 54.6 Å². The van der Waals surface area contributed by atoms with Crippen molar-refractivity contribution >= 4 is 26.6 Å². The van der Waals surface area contributed by atoms with Gasteiger partial charge in [0, 0.05) is 36.3 Å². The van der Waals surface area contributed by atoms with E-state index in [1.54, 1.807) is 12.1 Å². The number of piperidine rings is 1. The molecule has 2 aromatic carbocycles. The molecule has 0 spiro atoms. The average molecular weight is 481 g/mol. The highest BCUT2D eigenvalue weighted by atomic mass is 32.2. The summed E-state index contributed by atoms with van der Waals surface area (Å²) in [6.45, 7) is 7.74. The van der Waals surface area contributed by atoms with Crippen molar-refractivity contribution in [2.24, 2.45) is 5.92 Å². The van der Waals surface area contributed by atoms with Gasteiger partial charge >= 0.3 is 0 Å². The van der Waals surface area contributed by atoms with Crippen molar-refractivity contribution in [2.45, 2.75) is 44.4 Å². The van der Waals surface area contributed by atoms with E-state index in [0.29, 0.717) is 29.2 Å². The second-order valence-corrected chi connectivity index (χ2v) is 10.8. The third-order valence-electron chi connectivity index (χ3n) is 6.71. The molecule has 0 amide bonds. The number of aromatic nitrogens is 1. The lowest BCUT2D eigenvalue weighted by Gasteiger charge is -2.22. The fourth-order valence-corrected chi connectivity index (χ4v) is 6.51. The number of hydrogen-bond acceptors (Lipinski definition) is 5. The first-order valence-electron chi connectivity index (χ1n) is 12.5. The average Bonchev–Trinajstić information content (AvgIpc) is 2.87. The van der Waals surface area contributed by atoms with Gasteiger partial charge in [-0.25, -0.2) is 13.4 Å². The summed E-state index contributed by atoms with van der Waals surface area (Å²) in [5.74, 6) is 0.762. The molecular weight excluding hydrogens is 444 g/mol. The van der Waals surface area contributed by atoms with E-state index in [1.165, 1.54) is 23.6 Å². The number of nitrogens with zero attached hydrogens (tertiary/aromatic N) is 2. The van der Waals surface area contributed by atoms with Gasteiger partial charge in [0.15, 0.2) is 0 Å². The minimum atomic E-state index is -3.61. The molecule has 182 valence electrons. The SMILES string of the molecule is CCN(CC)S(=O)(=O)c1ccccc1-c1cc(NCCCC2CCCNC2)c2ccccc2n1. The number of rotatable bonds is 10. The van der Waals surface area contributed by atoms with Crippen molar-refractivity contribution in [2.75, 3.05) is 38.0 Å². The zero-order valence-corrected chi connectivity index (χ0v) is 21.1. The van der Waals surface area contributed by atoms with Gasteiger partial charge in [-0.1, -0.05) is 50.2 Å². The first-order chi connectivity index (χ1) is 16.5. The number of hydrogen-bond donors (Lipinski definition) is 2. The molecule has 4 rings (SSSR count). The maximum atomic E-state index is 13.4. The molecule has 0 aliphatic carbocycles. The van der Waals surface area contributed by atoms with Crippen LogP contribution in [0, 0.1) is 5.92 Å². The molecule has 2 N–H and O–H groups in total. The number of sulfonamides is 1. The highest BCUT2D eigenvalue weighted by Crippen LogP contribution is 2.33. The molecule has 6 nitrogen and oxygen atoms in total. The Hall–Kier alpha value is -2.48. The quantitative estimate of drug-likeness (QED) is 0.394. The molecule has 0 bridgehead atoms. The number of para-hydroxylation sites is 1. The second kappa shape index (κ2) is 11.3. The lowest BCUT2D eigenvalue weighted by atomic mass is 9.95. The Kier molecular flexibility index (Phi) is 8.19. The summed E-state index contributed by atoms with van der Waals surface area (Å²) in [7, 11) is -3.61. The van der Waals surface area contributed by atoms with E-state index in [-0.39, 0.29) is 0 Å². The van der Waals surface area contributed by atoms with Gasteiger partial charge < -0.3 is 10.6 Å². The van der Waals surface area contributed by atoms with Crippen LogP contribution in [0.2, 0.25) is 0 Å². The van der Waals surface area contributed by atoms with Gasteiger partial charge in [0.1, 0.15) is 0 Å². The largest absolute Gasteiger partial charge is 0.384 e. The van der Waals surface area contributed by atoms with Gasteiger partial charge in [0.2, 0.25) is 10.0 Å². The summed E-state index contributed by atoms with van der Waals surface area (Å²) in [6.07, 6.45) is 4.89. The van der Waals surface area contributed by atoms with Gasteiger partial charge in [-0.2, -0.15) is 4.31 Å². The summed E-state index contributed by atoms with van der Waals surface area (Å²) in [6, 6.07) is 17.2. The number of pyridine rings is 1. The van der Waals surface area contributed by atoms with Crippen LogP contribution in [0.15, 0.2) is 59.5 Å². The Morgan fingerprint density at radius 2 is 1.85 bits per heavy atom.